The van der Waals surface area contributed by atoms with E-state index >= 15 is 0 Å². The van der Waals surface area contributed by atoms with E-state index in [0.29, 0.717) is 33.8 Å². The minimum Gasteiger partial charge on any atom is -0.338 e. The molecule has 0 unspecified atom stereocenters. The molecule has 0 saturated heterocycles. The highest BCUT2D eigenvalue weighted by atomic mass is 32.2. The molecule has 0 N–H and O–H groups in total. The molecule has 0 aliphatic rings. The van der Waals surface area contributed by atoms with Gasteiger partial charge in [0.2, 0.25) is 17.5 Å². The molecule has 0 radical (unpaired) electrons. The molecule has 0 saturated carbocycles. The van der Waals surface area contributed by atoms with Crippen LogP contribution >= 0.6 is 11.8 Å². The summed E-state index contributed by atoms with van der Waals surface area (Å²) in [6.07, 6.45) is 0. The Bertz CT molecular complexity index is 1820. The lowest BCUT2D eigenvalue weighted by atomic mass is 10.1. The van der Waals surface area contributed by atoms with E-state index in [2.05, 4.69) is 20.3 Å². The lowest BCUT2D eigenvalue weighted by molar-refractivity contribution is 0.391. The monoisotopic (exact) mass is 494 g/mol. The first-order valence-corrected chi connectivity index (χ1v) is 12.5. The van der Waals surface area contributed by atoms with Crippen molar-refractivity contribution in [3.05, 3.63) is 99.7 Å². The van der Waals surface area contributed by atoms with Gasteiger partial charge >= 0.3 is 0 Å². The molecule has 9 heteroatoms. The van der Waals surface area contributed by atoms with Gasteiger partial charge in [0.15, 0.2) is 5.16 Å². The summed E-state index contributed by atoms with van der Waals surface area (Å²) < 4.78 is 9.06. The molecule has 6 aromatic rings. The van der Waals surface area contributed by atoms with E-state index in [1.165, 1.54) is 11.8 Å². The zero-order valence-electron chi connectivity index (χ0n) is 20.0. The molecule has 0 atom stereocenters. The highest BCUT2D eigenvalue weighted by Gasteiger charge is 2.20. The minimum atomic E-state index is -0.129. The van der Waals surface area contributed by atoms with Crippen LogP contribution in [0, 0.1) is 20.8 Å². The summed E-state index contributed by atoms with van der Waals surface area (Å²) in [6.45, 7) is 6.02. The number of hydrogen-bond donors (Lipinski definition) is 0. The molecule has 0 spiro atoms. The Morgan fingerprint density at radius 3 is 2.61 bits per heavy atom. The largest absolute Gasteiger partial charge is 0.338 e. The van der Waals surface area contributed by atoms with Crippen molar-refractivity contribution in [1.29, 1.82) is 0 Å². The van der Waals surface area contributed by atoms with Crippen LogP contribution < -0.4 is 5.56 Å². The number of aryl methyl sites for hydroxylation is 3. The van der Waals surface area contributed by atoms with Gasteiger partial charge in [0.05, 0.1) is 22.3 Å². The van der Waals surface area contributed by atoms with Crippen molar-refractivity contribution in [2.24, 2.45) is 0 Å². The van der Waals surface area contributed by atoms with E-state index in [9.17, 15) is 4.79 Å². The number of para-hydroxylation sites is 1. The second kappa shape index (κ2) is 8.76. The van der Waals surface area contributed by atoms with Crippen LogP contribution in [0.3, 0.4) is 0 Å². The molecule has 3 heterocycles. The van der Waals surface area contributed by atoms with Crippen molar-refractivity contribution < 1.29 is 4.52 Å². The summed E-state index contributed by atoms with van der Waals surface area (Å²) in [5, 5.41) is 14.2. The van der Waals surface area contributed by atoms with Crippen LogP contribution in [0.15, 0.2) is 81.2 Å². The first kappa shape index (κ1) is 22.2. The van der Waals surface area contributed by atoms with Crippen LogP contribution in [0.4, 0.5) is 0 Å². The van der Waals surface area contributed by atoms with Crippen LogP contribution in [0.2, 0.25) is 0 Å². The summed E-state index contributed by atoms with van der Waals surface area (Å²) in [5.74, 6) is 1.91. The highest BCUT2D eigenvalue weighted by Crippen LogP contribution is 2.27. The number of benzene rings is 3. The molecule has 0 amide bonds. The van der Waals surface area contributed by atoms with Gasteiger partial charge in [-0.25, -0.2) is 4.57 Å². The third-order valence-electron chi connectivity index (χ3n) is 6.07. The van der Waals surface area contributed by atoms with Gasteiger partial charge in [0, 0.05) is 5.56 Å². The molecular formula is C27H22N6O2S. The second-order valence-corrected chi connectivity index (χ2v) is 9.68. The van der Waals surface area contributed by atoms with E-state index in [-0.39, 0.29) is 5.56 Å². The fraction of sp³-hybridized carbons (Fsp3) is 0.148. The first-order chi connectivity index (χ1) is 17.5. The van der Waals surface area contributed by atoms with Crippen molar-refractivity contribution in [2.75, 3.05) is 0 Å². The summed E-state index contributed by atoms with van der Waals surface area (Å²) in [4.78, 5) is 18.2. The van der Waals surface area contributed by atoms with Crippen molar-refractivity contribution in [2.45, 2.75) is 31.7 Å². The lowest BCUT2D eigenvalue weighted by Crippen LogP contribution is -2.22. The molecule has 0 fully saturated rings. The van der Waals surface area contributed by atoms with Gasteiger partial charge in [-0.1, -0.05) is 64.9 Å². The standard InChI is InChI=1S/C27H22N6O2S/c1-16-7-6-8-19(13-16)24-28-23(35-31-24)15-36-27-30-29-26-32(22-14-17(2)11-12-18(22)3)25(34)20-9-4-5-10-21(20)33(26)27/h4-14H,15H2,1-3H3. The van der Waals surface area contributed by atoms with Gasteiger partial charge in [0.1, 0.15) is 0 Å². The predicted molar refractivity (Wildman–Crippen MR) is 140 cm³/mol. The second-order valence-electron chi connectivity index (χ2n) is 8.74. The van der Waals surface area contributed by atoms with Gasteiger partial charge in [-0.3, -0.25) is 9.20 Å². The number of aromatic nitrogens is 6. The Balaban J connectivity index is 1.44. The molecule has 178 valence electrons. The fourth-order valence-corrected chi connectivity index (χ4v) is 5.07. The normalized spacial score (nSPS) is 11.5. The van der Waals surface area contributed by atoms with E-state index in [1.54, 1.807) is 4.57 Å². The molecule has 8 nitrogen and oxygen atoms in total. The van der Waals surface area contributed by atoms with Gasteiger partial charge in [-0.05, 0) is 56.2 Å². The summed E-state index contributed by atoms with van der Waals surface area (Å²) >= 11 is 1.43. The Morgan fingerprint density at radius 1 is 0.917 bits per heavy atom. The molecule has 6 rings (SSSR count). The van der Waals surface area contributed by atoms with Gasteiger partial charge in [-0.15, -0.1) is 10.2 Å². The zero-order valence-corrected chi connectivity index (χ0v) is 20.8. The summed E-state index contributed by atoms with van der Waals surface area (Å²) in [6, 6.07) is 21.5. The van der Waals surface area contributed by atoms with Gasteiger partial charge in [0.25, 0.3) is 5.56 Å². The Kier molecular flexibility index (Phi) is 5.41. The van der Waals surface area contributed by atoms with E-state index in [0.717, 1.165) is 33.5 Å². The van der Waals surface area contributed by atoms with Crippen molar-refractivity contribution in [1.82, 2.24) is 29.3 Å². The van der Waals surface area contributed by atoms with Gasteiger partial charge in [-0.2, -0.15) is 4.98 Å². The van der Waals surface area contributed by atoms with Crippen LogP contribution in [0.25, 0.3) is 33.8 Å². The maximum atomic E-state index is 13.6. The van der Waals surface area contributed by atoms with Crippen LogP contribution in [-0.2, 0) is 5.75 Å². The highest BCUT2D eigenvalue weighted by molar-refractivity contribution is 7.98. The quantitative estimate of drug-likeness (QED) is 0.300. The predicted octanol–water partition coefficient (Wildman–Crippen LogP) is 5.30. The smallest absolute Gasteiger partial charge is 0.267 e. The zero-order chi connectivity index (χ0) is 24.8. The molecule has 3 aromatic carbocycles. The SMILES string of the molecule is Cc1cccc(-c2noc(CSc3nnc4n(-c5cc(C)ccc5C)c(=O)c5ccccc5n34)n2)c1. The summed E-state index contributed by atoms with van der Waals surface area (Å²) in [7, 11) is 0. The van der Waals surface area contributed by atoms with Crippen molar-refractivity contribution in [3.8, 4) is 17.1 Å². The third kappa shape index (κ3) is 3.77. The molecule has 0 aliphatic carbocycles. The number of rotatable bonds is 5. The number of nitrogens with zero attached hydrogens (tertiary/aromatic N) is 6. The summed E-state index contributed by atoms with van der Waals surface area (Å²) in [5.41, 5.74) is 5.49. The molecule has 0 bridgehead atoms. The first-order valence-electron chi connectivity index (χ1n) is 11.5. The van der Waals surface area contributed by atoms with Crippen LogP contribution in [0.1, 0.15) is 22.6 Å². The minimum absolute atomic E-state index is 0.129. The topological polar surface area (TPSA) is 91.1 Å². The number of hydrogen-bond acceptors (Lipinski definition) is 7. The van der Waals surface area contributed by atoms with Crippen molar-refractivity contribution >= 4 is 28.4 Å². The maximum Gasteiger partial charge on any atom is 0.267 e. The molecule has 3 aromatic heterocycles. The van der Waals surface area contributed by atoms with E-state index in [1.807, 2.05) is 91.9 Å². The average molecular weight is 495 g/mol. The fourth-order valence-electron chi connectivity index (χ4n) is 4.29. The maximum absolute atomic E-state index is 13.6. The molecule has 36 heavy (non-hydrogen) atoms. The third-order valence-corrected chi connectivity index (χ3v) is 6.98. The Morgan fingerprint density at radius 2 is 1.75 bits per heavy atom. The Labute approximate surface area is 210 Å². The number of thioether (sulfide) groups is 1. The molecular weight excluding hydrogens is 472 g/mol. The lowest BCUT2D eigenvalue weighted by Gasteiger charge is -2.13. The number of fused-ring (bicyclic) bond motifs is 3. The molecule has 0 aliphatic heterocycles. The van der Waals surface area contributed by atoms with Crippen LogP contribution in [0.5, 0.6) is 0 Å². The Hall–Kier alpha value is -4.24. The van der Waals surface area contributed by atoms with Crippen LogP contribution in [-0.4, -0.2) is 29.3 Å². The van der Waals surface area contributed by atoms with Crippen molar-refractivity contribution in [3.63, 3.8) is 0 Å². The van der Waals surface area contributed by atoms with Gasteiger partial charge < -0.3 is 4.52 Å². The average Bonchev–Trinajstić information content (AvgIpc) is 3.52. The van der Waals surface area contributed by atoms with E-state index in [4.69, 9.17) is 4.52 Å². The van der Waals surface area contributed by atoms with E-state index < -0.39 is 0 Å².